The summed E-state index contributed by atoms with van der Waals surface area (Å²) in [6, 6.07) is 0.573. The van der Waals surface area contributed by atoms with Crippen molar-refractivity contribution in [2.75, 3.05) is 46.3 Å². The van der Waals surface area contributed by atoms with Crippen molar-refractivity contribution < 1.29 is 9.59 Å². The molecule has 3 heterocycles. The highest BCUT2D eigenvalue weighted by molar-refractivity contribution is 5.97. The Morgan fingerprint density at radius 3 is 2.62 bits per heavy atom. The van der Waals surface area contributed by atoms with Crippen molar-refractivity contribution in [3.8, 4) is 0 Å². The topological polar surface area (TPSA) is 68.2 Å². The maximum Gasteiger partial charge on any atom is 0.229 e. The van der Waals surface area contributed by atoms with Gasteiger partial charge >= 0.3 is 0 Å². The fourth-order valence-corrected chi connectivity index (χ4v) is 3.69. The first-order chi connectivity index (χ1) is 11.7. The lowest BCUT2D eigenvalue weighted by molar-refractivity contribution is -0.147. The number of nitrogens with zero attached hydrogens (tertiary/aromatic N) is 4. The second-order valence-electron chi connectivity index (χ2n) is 6.58. The van der Waals surface area contributed by atoms with E-state index in [0.717, 1.165) is 38.6 Å². The van der Waals surface area contributed by atoms with Gasteiger partial charge in [0.1, 0.15) is 0 Å². The van der Waals surface area contributed by atoms with Crippen molar-refractivity contribution in [2.45, 2.75) is 31.7 Å². The van der Waals surface area contributed by atoms with Crippen LogP contribution in [0.15, 0.2) is 17.1 Å². The molecule has 0 aromatic heterocycles. The van der Waals surface area contributed by atoms with Crippen LogP contribution in [-0.4, -0.2) is 84.8 Å². The Bertz CT molecular complexity index is 521. The highest BCUT2D eigenvalue weighted by atomic mass is 16.2. The van der Waals surface area contributed by atoms with E-state index in [4.69, 9.17) is 0 Å². The number of piperidine rings is 1. The minimum absolute atomic E-state index is 0.0502. The first-order valence-electron chi connectivity index (χ1n) is 8.87. The number of likely N-dealkylation sites (tertiary alicyclic amines) is 2. The highest BCUT2D eigenvalue weighted by Crippen LogP contribution is 2.18. The molecule has 0 aromatic rings. The Morgan fingerprint density at radius 2 is 1.96 bits per heavy atom. The van der Waals surface area contributed by atoms with Gasteiger partial charge in [0.2, 0.25) is 11.8 Å². The molecule has 3 rings (SSSR count). The molecule has 24 heavy (non-hydrogen) atoms. The summed E-state index contributed by atoms with van der Waals surface area (Å²) in [5, 5.41) is 3.31. The summed E-state index contributed by atoms with van der Waals surface area (Å²) in [5.74, 6) is 0.762. The fraction of sp³-hybridized carbons (Fsp3) is 0.706. The van der Waals surface area contributed by atoms with Crippen LogP contribution in [-0.2, 0) is 9.59 Å². The largest absolute Gasteiger partial charge is 0.354 e. The lowest BCUT2D eigenvalue weighted by atomic mass is 10.1. The van der Waals surface area contributed by atoms with Gasteiger partial charge in [0.15, 0.2) is 5.96 Å². The predicted octanol–water partition coefficient (Wildman–Crippen LogP) is 0.0470. The zero-order chi connectivity index (χ0) is 16.9. The van der Waals surface area contributed by atoms with Crippen LogP contribution in [0.1, 0.15) is 25.7 Å². The molecule has 0 aliphatic carbocycles. The van der Waals surface area contributed by atoms with E-state index in [0.29, 0.717) is 38.4 Å². The fourth-order valence-electron chi connectivity index (χ4n) is 3.69. The summed E-state index contributed by atoms with van der Waals surface area (Å²) < 4.78 is 0. The quantitative estimate of drug-likeness (QED) is 0.341. The van der Waals surface area contributed by atoms with Crippen LogP contribution in [0.4, 0.5) is 0 Å². The number of amides is 2. The first kappa shape index (κ1) is 17.0. The Morgan fingerprint density at radius 1 is 1.25 bits per heavy atom. The second kappa shape index (κ2) is 7.79. The highest BCUT2D eigenvalue weighted by Gasteiger charge is 2.30. The van der Waals surface area contributed by atoms with Gasteiger partial charge in [-0.25, -0.2) is 0 Å². The number of carbonyl (C=O) groups excluding carboxylic acids is 2. The molecule has 7 nitrogen and oxygen atoms in total. The van der Waals surface area contributed by atoms with Crippen LogP contribution in [0.5, 0.6) is 0 Å². The van der Waals surface area contributed by atoms with Crippen LogP contribution < -0.4 is 5.32 Å². The summed E-state index contributed by atoms with van der Waals surface area (Å²) in [5.41, 5.74) is 0. The van der Waals surface area contributed by atoms with E-state index < -0.39 is 0 Å². The van der Waals surface area contributed by atoms with E-state index in [1.165, 1.54) is 4.90 Å². The zero-order valence-electron chi connectivity index (χ0n) is 14.4. The van der Waals surface area contributed by atoms with Crippen LogP contribution in [0.3, 0.4) is 0 Å². The van der Waals surface area contributed by atoms with Crippen molar-refractivity contribution in [2.24, 2.45) is 4.99 Å². The van der Waals surface area contributed by atoms with Gasteiger partial charge in [-0.15, -0.1) is 0 Å². The van der Waals surface area contributed by atoms with E-state index in [1.807, 2.05) is 0 Å². The van der Waals surface area contributed by atoms with Gasteiger partial charge in [0, 0.05) is 65.2 Å². The van der Waals surface area contributed by atoms with Gasteiger partial charge in [-0.05, 0) is 12.8 Å². The average Bonchev–Trinajstić information content (AvgIpc) is 3.25. The summed E-state index contributed by atoms with van der Waals surface area (Å²) in [6.45, 7) is 5.03. The van der Waals surface area contributed by atoms with E-state index in [9.17, 15) is 9.59 Å². The monoisotopic (exact) mass is 333 g/mol. The third kappa shape index (κ3) is 3.77. The predicted molar refractivity (Wildman–Crippen MR) is 92.6 cm³/mol. The van der Waals surface area contributed by atoms with Crippen LogP contribution >= 0.6 is 0 Å². The van der Waals surface area contributed by atoms with Gasteiger partial charge in [-0.2, -0.15) is 0 Å². The third-order valence-corrected chi connectivity index (χ3v) is 5.04. The molecule has 0 spiro atoms. The first-order valence-corrected chi connectivity index (χ1v) is 8.87. The number of hydrogen-bond acceptors (Lipinski definition) is 4. The third-order valence-electron chi connectivity index (χ3n) is 5.04. The van der Waals surface area contributed by atoms with Gasteiger partial charge < -0.3 is 10.2 Å². The number of hydrogen-bond donors (Lipinski definition) is 1. The number of nitrogens with one attached hydrogen (secondary N) is 1. The molecule has 2 fully saturated rings. The minimum Gasteiger partial charge on any atom is -0.354 e. The maximum absolute atomic E-state index is 11.8. The van der Waals surface area contributed by atoms with Gasteiger partial charge in [-0.3, -0.25) is 24.4 Å². The molecular formula is C17H27N5O2. The molecule has 0 bridgehead atoms. The molecule has 3 aliphatic heterocycles. The number of aliphatic imine (C=N–C) groups is 1. The van der Waals surface area contributed by atoms with Crippen LogP contribution in [0.25, 0.3) is 0 Å². The van der Waals surface area contributed by atoms with Gasteiger partial charge in [0.25, 0.3) is 0 Å². The molecule has 0 aromatic carbocycles. The molecule has 1 unspecified atom stereocenters. The molecule has 2 amide bonds. The van der Waals surface area contributed by atoms with E-state index in [1.54, 1.807) is 7.05 Å². The Hall–Kier alpha value is -1.89. The smallest absolute Gasteiger partial charge is 0.229 e. The van der Waals surface area contributed by atoms with Crippen molar-refractivity contribution in [1.29, 1.82) is 0 Å². The minimum atomic E-state index is -0.0502. The SMILES string of the molecule is CN=C(NCCN1C(=O)CCCC1=O)N1CCC(N2CC=CC2)C1. The van der Waals surface area contributed by atoms with Crippen molar-refractivity contribution in [1.82, 2.24) is 20.0 Å². The number of carbonyl (C=O) groups is 2. The Kier molecular flexibility index (Phi) is 5.50. The summed E-state index contributed by atoms with van der Waals surface area (Å²) in [7, 11) is 1.78. The van der Waals surface area contributed by atoms with E-state index >= 15 is 0 Å². The van der Waals surface area contributed by atoms with Gasteiger partial charge in [0.05, 0.1) is 0 Å². The van der Waals surface area contributed by atoms with E-state index in [-0.39, 0.29) is 11.8 Å². The number of imide groups is 1. The summed E-state index contributed by atoms with van der Waals surface area (Å²) in [6.07, 6.45) is 7.25. The molecule has 3 aliphatic rings. The van der Waals surface area contributed by atoms with Crippen LogP contribution in [0, 0.1) is 0 Å². The van der Waals surface area contributed by atoms with Crippen LogP contribution in [0.2, 0.25) is 0 Å². The molecule has 1 N–H and O–H groups in total. The molecule has 2 saturated heterocycles. The molecule has 7 heteroatoms. The average molecular weight is 333 g/mol. The Balaban J connectivity index is 1.45. The molecule has 1 atom stereocenters. The summed E-state index contributed by atoms with van der Waals surface area (Å²) in [4.78, 5) is 34.1. The summed E-state index contributed by atoms with van der Waals surface area (Å²) >= 11 is 0. The molecule has 132 valence electrons. The van der Waals surface area contributed by atoms with E-state index in [2.05, 4.69) is 32.3 Å². The van der Waals surface area contributed by atoms with Crippen molar-refractivity contribution >= 4 is 17.8 Å². The van der Waals surface area contributed by atoms with Crippen molar-refractivity contribution in [3.05, 3.63) is 12.2 Å². The lowest BCUT2D eigenvalue weighted by Gasteiger charge is -2.27. The standard InChI is InChI=1S/C17H27N5O2/c1-18-17(19-8-12-22-15(23)5-4-6-16(22)24)21-11-7-14(13-21)20-9-2-3-10-20/h2-3,14H,4-13H2,1H3,(H,18,19). The number of rotatable bonds is 4. The normalized spacial score (nSPS) is 25.9. The maximum atomic E-state index is 11.8. The van der Waals surface area contributed by atoms with Gasteiger partial charge in [-0.1, -0.05) is 12.2 Å². The number of guanidine groups is 1. The van der Waals surface area contributed by atoms with Crippen molar-refractivity contribution in [3.63, 3.8) is 0 Å². The Labute approximate surface area is 143 Å². The zero-order valence-corrected chi connectivity index (χ0v) is 14.4. The molecular weight excluding hydrogens is 306 g/mol. The molecule has 0 saturated carbocycles. The lowest BCUT2D eigenvalue weighted by Crippen LogP contribution is -2.47. The molecule has 0 radical (unpaired) electrons. The second-order valence-corrected chi connectivity index (χ2v) is 6.58.